The quantitative estimate of drug-likeness (QED) is 0.762. The smallest absolute Gasteiger partial charge is 0.250 e. The van der Waals surface area contributed by atoms with Crippen molar-refractivity contribution in [3.8, 4) is 0 Å². The minimum absolute atomic E-state index is 0.0756. The summed E-state index contributed by atoms with van der Waals surface area (Å²) in [6.45, 7) is 3.53. The van der Waals surface area contributed by atoms with Gasteiger partial charge in [0.15, 0.2) is 0 Å². The number of piperidine rings is 1. The highest BCUT2D eigenvalue weighted by atomic mass is 16.2. The largest absolute Gasteiger partial charge is 0.366 e. The first kappa shape index (κ1) is 13.5. The molecule has 1 aromatic carbocycles. The molecule has 5 nitrogen and oxygen atoms in total. The number of hydrogen-bond donors (Lipinski definition) is 3. The number of nitrogens with one attached hydrogen (secondary N) is 2. The van der Waals surface area contributed by atoms with E-state index in [2.05, 4.69) is 10.6 Å². The zero-order valence-corrected chi connectivity index (χ0v) is 11.0. The standard InChI is InChI=1S/C14H19N3O2/c1-14(7-4-8-16-9-14)13(19)17-11-6-3-2-5-10(11)12(15)18/h2-3,5-6,16H,4,7-9H2,1H3,(H2,15,18)(H,17,19). The van der Waals surface area contributed by atoms with Crippen molar-refractivity contribution in [2.75, 3.05) is 18.4 Å². The summed E-state index contributed by atoms with van der Waals surface area (Å²) in [5.74, 6) is -0.615. The number of carbonyl (C=O) groups excluding carboxylic acids is 2. The fourth-order valence-corrected chi connectivity index (χ4v) is 2.33. The zero-order valence-electron chi connectivity index (χ0n) is 11.0. The number of para-hydroxylation sites is 1. The lowest BCUT2D eigenvalue weighted by Gasteiger charge is -2.32. The third kappa shape index (κ3) is 2.93. The molecule has 0 saturated carbocycles. The van der Waals surface area contributed by atoms with Crippen LogP contribution < -0.4 is 16.4 Å². The van der Waals surface area contributed by atoms with E-state index >= 15 is 0 Å². The Morgan fingerprint density at radius 3 is 2.74 bits per heavy atom. The minimum Gasteiger partial charge on any atom is -0.366 e. The van der Waals surface area contributed by atoms with Crippen LogP contribution in [0.1, 0.15) is 30.1 Å². The molecule has 1 unspecified atom stereocenters. The van der Waals surface area contributed by atoms with Gasteiger partial charge in [0.1, 0.15) is 0 Å². The van der Waals surface area contributed by atoms with E-state index in [9.17, 15) is 9.59 Å². The highest BCUT2D eigenvalue weighted by molar-refractivity contribution is 6.04. The Kier molecular flexibility index (Phi) is 3.85. The molecular weight excluding hydrogens is 242 g/mol. The number of carbonyl (C=O) groups is 2. The van der Waals surface area contributed by atoms with Gasteiger partial charge < -0.3 is 16.4 Å². The SMILES string of the molecule is CC1(C(=O)Nc2ccccc2C(N)=O)CCCNC1. The number of anilines is 1. The van der Waals surface area contributed by atoms with Crippen LogP contribution in [0.15, 0.2) is 24.3 Å². The Bertz CT molecular complexity index is 493. The van der Waals surface area contributed by atoms with Gasteiger partial charge >= 0.3 is 0 Å². The van der Waals surface area contributed by atoms with E-state index in [0.717, 1.165) is 19.4 Å². The van der Waals surface area contributed by atoms with Gasteiger partial charge in [-0.25, -0.2) is 0 Å². The first-order chi connectivity index (χ1) is 9.03. The second-order valence-corrected chi connectivity index (χ2v) is 5.20. The van der Waals surface area contributed by atoms with Crippen LogP contribution in [0.5, 0.6) is 0 Å². The monoisotopic (exact) mass is 261 g/mol. The number of amides is 2. The average Bonchev–Trinajstić information content (AvgIpc) is 2.40. The fraction of sp³-hybridized carbons (Fsp3) is 0.429. The molecule has 0 aliphatic carbocycles. The number of rotatable bonds is 3. The van der Waals surface area contributed by atoms with Gasteiger partial charge in [0.05, 0.1) is 16.7 Å². The lowest BCUT2D eigenvalue weighted by Crippen LogP contribution is -2.46. The molecule has 102 valence electrons. The van der Waals surface area contributed by atoms with Crippen LogP contribution in [-0.2, 0) is 4.79 Å². The van der Waals surface area contributed by atoms with Crippen molar-refractivity contribution in [2.45, 2.75) is 19.8 Å². The van der Waals surface area contributed by atoms with Crippen molar-refractivity contribution in [3.05, 3.63) is 29.8 Å². The van der Waals surface area contributed by atoms with Crippen molar-refractivity contribution in [3.63, 3.8) is 0 Å². The van der Waals surface area contributed by atoms with E-state index in [1.54, 1.807) is 24.3 Å². The third-order valence-electron chi connectivity index (χ3n) is 3.59. The predicted octanol–water partition coefficient (Wildman–Crippen LogP) is 1.11. The first-order valence-electron chi connectivity index (χ1n) is 6.44. The lowest BCUT2D eigenvalue weighted by atomic mass is 9.82. The highest BCUT2D eigenvalue weighted by Crippen LogP contribution is 2.27. The molecule has 0 bridgehead atoms. The number of hydrogen-bond acceptors (Lipinski definition) is 3. The van der Waals surface area contributed by atoms with Crippen LogP contribution in [0.25, 0.3) is 0 Å². The molecule has 1 aliphatic rings. The molecule has 19 heavy (non-hydrogen) atoms. The van der Waals surface area contributed by atoms with Crippen LogP contribution in [-0.4, -0.2) is 24.9 Å². The van der Waals surface area contributed by atoms with Crippen molar-refractivity contribution in [1.29, 1.82) is 0 Å². The summed E-state index contributed by atoms with van der Waals surface area (Å²) < 4.78 is 0. The number of nitrogens with two attached hydrogens (primary N) is 1. The summed E-state index contributed by atoms with van der Waals surface area (Å²) in [7, 11) is 0. The minimum atomic E-state index is -0.539. The molecule has 2 amide bonds. The van der Waals surface area contributed by atoms with Gasteiger partial charge in [-0.05, 0) is 38.4 Å². The molecule has 1 heterocycles. The Hall–Kier alpha value is -1.88. The molecule has 0 radical (unpaired) electrons. The van der Waals surface area contributed by atoms with Gasteiger partial charge in [-0.3, -0.25) is 9.59 Å². The molecule has 0 aromatic heterocycles. The molecular formula is C14H19N3O2. The molecule has 2 rings (SSSR count). The fourth-order valence-electron chi connectivity index (χ4n) is 2.33. The first-order valence-corrected chi connectivity index (χ1v) is 6.44. The van der Waals surface area contributed by atoms with Gasteiger partial charge in [-0.1, -0.05) is 12.1 Å². The van der Waals surface area contributed by atoms with Crippen molar-refractivity contribution in [2.24, 2.45) is 11.1 Å². The van der Waals surface area contributed by atoms with E-state index in [1.165, 1.54) is 0 Å². The number of primary amides is 1. The van der Waals surface area contributed by atoms with E-state index < -0.39 is 11.3 Å². The molecule has 1 fully saturated rings. The molecule has 0 spiro atoms. The Balaban J connectivity index is 2.17. The van der Waals surface area contributed by atoms with Crippen molar-refractivity contribution >= 4 is 17.5 Å². The molecule has 4 N–H and O–H groups in total. The van der Waals surface area contributed by atoms with Crippen LogP contribution in [0, 0.1) is 5.41 Å². The van der Waals surface area contributed by atoms with E-state index in [4.69, 9.17) is 5.73 Å². The zero-order chi connectivity index (χ0) is 13.9. The summed E-state index contributed by atoms with van der Waals surface area (Å²) >= 11 is 0. The summed E-state index contributed by atoms with van der Waals surface area (Å²) in [6.07, 6.45) is 1.81. The summed E-state index contributed by atoms with van der Waals surface area (Å²) in [5.41, 5.74) is 5.67. The topological polar surface area (TPSA) is 84.2 Å². The van der Waals surface area contributed by atoms with Gasteiger partial charge in [-0.2, -0.15) is 0 Å². The predicted molar refractivity (Wildman–Crippen MR) is 73.8 cm³/mol. The van der Waals surface area contributed by atoms with Crippen LogP contribution in [0.4, 0.5) is 5.69 Å². The second kappa shape index (κ2) is 5.40. The molecule has 1 aliphatic heterocycles. The molecule has 1 atom stereocenters. The van der Waals surface area contributed by atoms with E-state index in [1.807, 2.05) is 6.92 Å². The Morgan fingerprint density at radius 1 is 1.37 bits per heavy atom. The molecule has 5 heteroatoms. The van der Waals surface area contributed by atoms with Crippen LogP contribution in [0.3, 0.4) is 0 Å². The van der Waals surface area contributed by atoms with Gasteiger partial charge in [0, 0.05) is 6.54 Å². The molecule has 1 aromatic rings. The summed E-state index contributed by atoms with van der Waals surface area (Å²) in [6, 6.07) is 6.79. The second-order valence-electron chi connectivity index (χ2n) is 5.20. The summed E-state index contributed by atoms with van der Waals surface area (Å²) in [5, 5.41) is 6.05. The average molecular weight is 261 g/mol. The molecule has 1 saturated heterocycles. The van der Waals surface area contributed by atoms with Crippen molar-refractivity contribution < 1.29 is 9.59 Å². The third-order valence-corrected chi connectivity index (χ3v) is 3.59. The maximum atomic E-state index is 12.4. The Morgan fingerprint density at radius 2 is 2.11 bits per heavy atom. The maximum Gasteiger partial charge on any atom is 0.250 e. The lowest BCUT2D eigenvalue weighted by molar-refractivity contribution is -0.125. The van der Waals surface area contributed by atoms with E-state index in [0.29, 0.717) is 17.8 Å². The Labute approximate surface area is 112 Å². The number of benzene rings is 1. The maximum absolute atomic E-state index is 12.4. The van der Waals surface area contributed by atoms with Gasteiger partial charge in [0.25, 0.3) is 5.91 Å². The van der Waals surface area contributed by atoms with Crippen LogP contribution >= 0.6 is 0 Å². The highest BCUT2D eigenvalue weighted by Gasteiger charge is 2.34. The van der Waals surface area contributed by atoms with E-state index in [-0.39, 0.29) is 5.91 Å². The van der Waals surface area contributed by atoms with Gasteiger partial charge in [-0.15, -0.1) is 0 Å². The van der Waals surface area contributed by atoms with Crippen LogP contribution in [0.2, 0.25) is 0 Å². The normalized spacial score (nSPS) is 22.8. The summed E-state index contributed by atoms with van der Waals surface area (Å²) in [4.78, 5) is 23.7. The van der Waals surface area contributed by atoms with Gasteiger partial charge in [0.2, 0.25) is 5.91 Å². The van der Waals surface area contributed by atoms with Crippen molar-refractivity contribution in [1.82, 2.24) is 5.32 Å².